The number of thioether (sulfide) groups is 1. The molecular weight excluding hydrogens is 404 g/mol. The summed E-state index contributed by atoms with van der Waals surface area (Å²) >= 11 is 7.65. The van der Waals surface area contributed by atoms with Gasteiger partial charge in [0.15, 0.2) is 11.0 Å². The first kappa shape index (κ1) is 21.4. The number of hydrogen-bond donors (Lipinski definition) is 1. The maximum Gasteiger partial charge on any atom is 0.234 e. The van der Waals surface area contributed by atoms with E-state index in [1.165, 1.54) is 17.3 Å². The number of aromatic nitrogens is 3. The highest BCUT2D eigenvalue weighted by molar-refractivity contribution is 7.99. The Morgan fingerprint density at radius 1 is 1.07 bits per heavy atom. The smallest absolute Gasteiger partial charge is 0.234 e. The van der Waals surface area contributed by atoms with E-state index in [9.17, 15) is 4.79 Å². The molecule has 0 aliphatic heterocycles. The van der Waals surface area contributed by atoms with Gasteiger partial charge in [-0.15, -0.1) is 10.2 Å². The molecule has 1 heterocycles. The Balaban J connectivity index is 1.73. The number of anilines is 1. The molecule has 0 aliphatic rings. The number of benzene rings is 2. The lowest BCUT2D eigenvalue weighted by atomic mass is 10.1. The van der Waals surface area contributed by atoms with E-state index in [0.717, 1.165) is 33.8 Å². The number of carbonyl (C=O) groups excluding carboxylic acids is 1. The summed E-state index contributed by atoms with van der Waals surface area (Å²) in [4.78, 5) is 12.5. The van der Waals surface area contributed by atoms with Crippen molar-refractivity contribution in [2.45, 2.75) is 46.3 Å². The quantitative estimate of drug-likeness (QED) is 0.520. The fourth-order valence-electron chi connectivity index (χ4n) is 3.31. The van der Waals surface area contributed by atoms with Crippen LogP contribution in [0.15, 0.2) is 35.5 Å². The van der Waals surface area contributed by atoms with Gasteiger partial charge < -0.3 is 9.88 Å². The zero-order valence-electron chi connectivity index (χ0n) is 17.3. The number of aryl methyl sites for hydroxylation is 4. The molecule has 5 nitrogen and oxygen atoms in total. The molecule has 0 unspecified atom stereocenters. The molecular formula is C22H25ClN4OS. The Kier molecular flexibility index (Phi) is 6.65. The molecule has 0 saturated carbocycles. The maximum atomic E-state index is 12.5. The summed E-state index contributed by atoms with van der Waals surface area (Å²) in [5.41, 5.74) is 6.13. The van der Waals surface area contributed by atoms with E-state index in [2.05, 4.69) is 34.6 Å². The number of rotatable bonds is 6. The fraction of sp³-hybridized carbons (Fsp3) is 0.318. The van der Waals surface area contributed by atoms with Crippen molar-refractivity contribution in [3.8, 4) is 11.4 Å². The summed E-state index contributed by atoms with van der Waals surface area (Å²) < 4.78 is 2.00. The summed E-state index contributed by atoms with van der Waals surface area (Å²) in [5, 5.41) is 13.1. The Hall–Kier alpha value is -2.31. The molecule has 0 spiro atoms. The van der Waals surface area contributed by atoms with Crippen molar-refractivity contribution in [1.82, 2.24) is 14.8 Å². The molecule has 152 valence electrons. The SMILES string of the molecule is CCn1c(SCC(=O)Nc2c(C)cc(C)cc2C)nnc1-c1ccc(C)c(Cl)c1. The molecule has 0 fully saturated rings. The number of nitrogens with one attached hydrogen (secondary N) is 1. The fourth-order valence-corrected chi connectivity index (χ4v) is 4.29. The minimum Gasteiger partial charge on any atom is -0.325 e. The van der Waals surface area contributed by atoms with Crippen molar-refractivity contribution >= 4 is 35.0 Å². The minimum atomic E-state index is -0.0596. The van der Waals surface area contributed by atoms with Crippen molar-refractivity contribution in [3.63, 3.8) is 0 Å². The molecule has 0 bridgehead atoms. The number of carbonyl (C=O) groups is 1. The third-order valence-electron chi connectivity index (χ3n) is 4.74. The summed E-state index contributed by atoms with van der Waals surface area (Å²) in [6.07, 6.45) is 0. The van der Waals surface area contributed by atoms with Crippen LogP contribution in [0.1, 0.15) is 29.2 Å². The lowest BCUT2D eigenvalue weighted by molar-refractivity contribution is -0.113. The first-order valence-electron chi connectivity index (χ1n) is 9.50. The van der Waals surface area contributed by atoms with E-state index < -0.39 is 0 Å². The summed E-state index contributed by atoms with van der Waals surface area (Å²) in [7, 11) is 0. The zero-order chi connectivity index (χ0) is 21.1. The Bertz CT molecular complexity index is 1040. The Labute approximate surface area is 180 Å². The predicted molar refractivity (Wildman–Crippen MR) is 121 cm³/mol. The van der Waals surface area contributed by atoms with Crippen LogP contribution in [-0.2, 0) is 11.3 Å². The average molecular weight is 429 g/mol. The molecule has 0 aliphatic carbocycles. The van der Waals surface area contributed by atoms with Crippen LogP contribution in [-0.4, -0.2) is 26.4 Å². The van der Waals surface area contributed by atoms with Crippen LogP contribution in [0.5, 0.6) is 0 Å². The first-order chi connectivity index (χ1) is 13.8. The van der Waals surface area contributed by atoms with Gasteiger partial charge in [0.25, 0.3) is 0 Å². The van der Waals surface area contributed by atoms with Crippen LogP contribution in [0.2, 0.25) is 5.02 Å². The molecule has 29 heavy (non-hydrogen) atoms. The number of amides is 1. The molecule has 0 radical (unpaired) electrons. The molecule has 3 rings (SSSR count). The van der Waals surface area contributed by atoms with E-state index in [-0.39, 0.29) is 11.7 Å². The van der Waals surface area contributed by atoms with Gasteiger partial charge in [0, 0.05) is 22.8 Å². The topological polar surface area (TPSA) is 59.8 Å². The number of halogens is 1. The van der Waals surface area contributed by atoms with Gasteiger partial charge in [0.1, 0.15) is 0 Å². The van der Waals surface area contributed by atoms with Crippen molar-refractivity contribution in [2.75, 3.05) is 11.1 Å². The van der Waals surface area contributed by atoms with Gasteiger partial charge in [-0.05, 0) is 57.4 Å². The van der Waals surface area contributed by atoms with Crippen LogP contribution in [0.3, 0.4) is 0 Å². The van der Waals surface area contributed by atoms with Gasteiger partial charge in [-0.3, -0.25) is 4.79 Å². The largest absolute Gasteiger partial charge is 0.325 e. The summed E-state index contributed by atoms with van der Waals surface area (Å²) in [6.45, 7) is 10.8. The van der Waals surface area contributed by atoms with Gasteiger partial charge in [0.05, 0.1) is 5.75 Å². The number of nitrogens with zero attached hydrogens (tertiary/aromatic N) is 3. The average Bonchev–Trinajstić information content (AvgIpc) is 3.08. The van der Waals surface area contributed by atoms with Crippen molar-refractivity contribution in [1.29, 1.82) is 0 Å². The second-order valence-corrected chi connectivity index (χ2v) is 8.47. The molecule has 1 amide bonds. The standard InChI is InChI=1S/C22H25ClN4OS/c1-6-27-21(17-8-7-14(3)18(23)11-17)25-26-22(27)29-12-19(28)24-20-15(4)9-13(2)10-16(20)5/h7-11H,6,12H2,1-5H3,(H,24,28). The number of hydrogen-bond acceptors (Lipinski definition) is 4. The highest BCUT2D eigenvalue weighted by Crippen LogP contribution is 2.28. The van der Waals surface area contributed by atoms with Gasteiger partial charge in [0.2, 0.25) is 5.91 Å². The molecule has 0 saturated heterocycles. The van der Waals surface area contributed by atoms with Gasteiger partial charge in [-0.2, -0.15) is 0 Å². The third kappa shape index (κ3) is 4.82. The second-order valence-electron chi connectivity index (χ2n) is 7.12. The monoisotopic (exact) mass is 428 g/mol. The van der Waals surface area contributed by atoms with Crippen LogP contribution >= 0.6 is 23.4 Å². The summed E-state index contributed by atoms with van der Waals surface area (Å²) in [6, 6.07) is 10.0. The lowest BCUT2D eigenvalue weighted by Gasteiger charge is -2.13. The van der Waals surface area contributed by atoms with Crippen LogP contribution < -0.4 is 5.32 Å². The molecule has 0 atom stereocenters. The van der Waals surface area contributed by atoms with Crippen molar-refractivity contribution < 1.29 is 4.79 Å². The van der Waals surface area contributed by atoms with Gasteiger partial charge in [-0.1, -0.05) is 53.2 Å². The predicted octanol–water partition coefficient (Wildman–Crippen LogP) is 5.58. The first-order valence-corrected chi connectivity index (χ1v) is 10.9. The van der Waals surface area contributed by atoms with Gasteiger partial charge in [-0.25, -0.2) is 0 Å². The Morgan fingerprint density at radius 2 is 1.76 bits per heavy atom. The Morgan fingerprint density at radius 3 is 2.38 bits per heavy atom. The lowest BCUT2D eigenvalue weighted by Crippen LogP contribution is -2.16. The second kappa shape index (κ2) is 9.01. The normalized spacial score (nSPS) is 11.0. The van der Waals surface area contributed by atoms with Crippen LogP contribution in [0.25, 0.3) is 11.4 Å². The zero-order valence-corrected chi connectivity index (χ0v) is 18.9. The minimum absolute atomic E-state index is 0.0596. The third-order valence-corrected chi connectivity index (χ3v) is 6.11. The molecule has 1 aromatic heterocycles. The highest BCUT2D eigenvalue weighted by Gasteiger charge is 2.16. The van der Waals surface area contributed by atoms with E-state index >= 15 is 0 Å². The van der Waals surface area contributed by atoms with Crippen LogP contribution in [0.4, 0.5) is 5.69 Å². The molecule has 1 N–H and O–H groups in total. The highest BCUT2D eigenvalue weighted by atomic mass is 35.5. The van der Waals surface area contributed by atoms with E-state index in [0.29, 0.717) is 16.7 Å². The van der Waals surface area contributed by atoms with E-state index in [1.807, 2.05) is 50.5 Å². The summed E-state index contributed by atoms with van der Waals surface area (Å²) in [5.74, 6) is 0.956. The van der Waals surface area contributed by atoms with Crippen molar-refractivity contribution in [3.05, 3.63) is 57.6 Å². The molecule has 3 aromatic rings. The van der Waals surface area contributed by atoms with Crippen molar-refractivity contribution in [2.24, 2.45) is 0 Å². The molecule has 7 heteroatoms. The maximum absolute atomic E-state index is 12.5. The van der Waals surface area contributed by atoms with Gasteiger partial charge >= 0.3 is 0 Å². The van der Waals surface area contributed by atoms with E-state index in [4.69, 9.17) is 11.6 Å². The van der Waals surface area contributed by atoms with Crippen LogP contribution in [0, 0.1) is 27.7 Å². The van der Waals surface area contributed by atoms with E-state index in [1.54, 1.807) is 0 Å². The molecule has 2 aromatic carbocycles.